The Morgan fingerprint density at radius 3 is 0.948 bits per heavy atom. The van der Waals surface area contributed by atoms with Gasteiger partial charge in [0.15, 0.2) is 0 Å². The molecule has 0 radical (unpaired) electrons. The van der Waals surface area contributed by atoms with E-state index in [9.17, 15) is 19.8 Å². The fourth-order valence-corrected chi connectivity index (χ4v) is 11.1. The topological polar surface area (TPSA) is 95.9 Å². The molecule has 0 bridgehead atoms. The molecule has 6 nitrogen and oxygen atoms in total. The highest BCUT2D eigenvalue weighted by Crippen LogP contribution is 2.19. The van der Waals surface area contributed by atoms with Crippen molar-refractivity contribution in [1.82, 2.24) is 5.32 Å². The quantitative estimate of drug-likeness (QED) is 0.0320. The minimum Gasteiger partial charge on any atom is -0.466 e. The van der Waals surface area contributed by atoms with Crippen LogP contribution in [0.1, 0.15) is 393 Å². The predicted octanol–water partition coefficient (Wildman–Crippen LogP) is 22.5. The van der Waals surface area contributed by atoms with Gasteiger partial charge in [0.2, 0.25) is 5.91 Å². The predicted molar refractivity (Wildman–Crippen MR) is 338 cm³/mol. The Labute approximate surface area is 481 Å². The molecule has 0 saturated carbocycles. The van der Waals surface area contributed by atoms with Crippen molar-refractivity contribution in [2.24, 2.45) is 0 Å². The van der Waals surface area contributed by atoms with Crippen molar-refractivity contribution >= 4 is 11.9 Å². The van der Waals surface area contributed by atoms with E-state index < -0.39 is 12.1 Å². The van der Waals surface area contributed by atoms with Crippen LogP contribution in [0.5, 0.6) is 0 Å². The first-order chi connectivity index (χ1) is 38.0. The number of esters is 1. The average molecular weight is 1080 g/mol. The summed E-state index contributed by atoms with van der Waals surface area (Å²) >= 11 is 0. The van der Waals surface area contributed by atoms with Crippen molar-refractivity contribution in [3.63, 3.8) is 0 Å². The summed E-state index contributed by atoms with van der Waals surface area (Å²) in [5.41, 5.74) is 0. The minimum absolute atomic E-state index is 0.00490. The second kappa shape index (κ2) is 66.8. The van der Waals surface area contributed by atoms with Crippen molar-refractivity contribution in [3.8, 4) is 0 Å². The Hall–Kier alpha value is -1.66. The maximum atomic E-state index is 12.5. The molecule has 1 amide bonds. The van der Waals surface area contributed by atoms with Crippen LogP contribution < -0.4 is 5.32 Å². The summed E-state index contributed by atoms with van der Waals surface area (Å²) in [5.74, 6) is -0.0275. The zero-order chi connectivity index (χ0) is 55.7. The summed E-state index contributed by atoms with van der Waals surface area (Å²) in [5, 5.41) is 23.4. The van der Waals surface area contributed by atoms with Crippen molar-refractivity contribution in [1.29, 1.82) is 0 Å². The summed E-state index contributed by atoms with van der Waals surface area (Å²) in [6, 6.07) is -0.544. The highest BCUT2D eigenvalue weighted by molar-refractivity contribution is 5.76. The lowest BCUT2D eigenvalue weighted by molar-refractivity contribution is -0.143. The molecule has 6 heteroatoms. The number of aliphatic hydroxyl groups is 2. The van der Waals surface area contributed by atoms with Gasteiger partial charge in [-0.05, 0) is 77.0 Å². The average Bonchev–Trinajstić information content (AvgIpc) is 3.43. The number of nitrogens with one attached hydrogen (secondary N) is 1. The van der Waals surface area contributed by atoms with Crippen molar-refractivity contribution in [3.05, 3.63) is 24.3 Å². The van der Waals surface area contributed by atoms with Gasteiger partial charge < -0.3 is 20.3 Å². The molecule has 77 heavy (non-hydrogen) atoms. The maximum absolute atomic E-state index is 12.5. The third kappa shape index (κ3) is 63.4. The molecule has 2 atom stereocenters. The number of aliphatic hydroxyl groups excluding tert-OH is 2. The van der Waals surface area contributed by atoms with Gasteiger partial charge in [0, 0.05) is 12.8 Å². The molecule has 0 aliphatic carbocycles. The number of rotatable bonds is 66. The van der Waals surface area contributed by atoms with E-state index in [1.165, 1.54) is 315 Å². The highest BCUT2D eigenvalue weighted by Gasteiger charge is 2.20. The van der Waals surface area contributed by atoms with Gasteiger partial charge in [-0.1, -0.05) is 327 Å². The molecule has 0 aliphatic heterocycles. The largest absolute Gasteiger partial charge is 0.466 e. The molecule has 0 spiro atoms. The summed E-state index contributed by atoms with van der Waals surface area (Å²) < 4.78 is 5.47. The number of allylic oxidation sites excluding steroid dienone is 4. The Kier molecular flexibility index (Phi) is 65.4. The van der Waals surface area contributed by atoms with Crippen LogP contribution in [0.4, 0.5) is 0 Å². The minimum atomic E-state index is -0.667. The van der Waals surface area contributed by atoms with E-state index in [0.29, 0.717) is 25.9 Å². The molecule has 0 saturated heterocycles. The molecule has 3 N–H and O–H groups in total. The first-order valence-corrected chi connectivity index (χ1v) is 35.1. The zero-order valence-corrected chi connectivity index (χ0v) is 52.2. The van der Waals surface area contributed by atoms with E-state index in [-0.39, 0.29) is 18.5 Å². The maximum Gasteiger partial charge on any atom is 0.305 e. The van der Waals surface area contributed by atoms with Gasteiger partial charge in [-0.25, -0.2) is 0 Å². The molecule has 0 rings (SSSR count). The highest BCUT2D eigenvalue weighted by atomic mass is 16.5. The molecule has 0 aromatic heterocycles. The molecule has 0 aromatic rings. The monoisotopic (exact) mass is 1080 g/mol. The van der Waals surface area contributed by atoms with Crippen LogP contribution in [-0.4, -0.2) is 47.4 Å². The smallest absolute Gasteiger partial charge is 0.305 e. The van der Waals surface area contributed by atoms with E-state index >= 15 is 0 Å². The van der Waals surface area contributed by atoms with Crippen LogP contribution in [0.15, 0.2) is 24.3 Å². The Balaban J connectivity index is 3.40. The lowest BCUT2D eigenvalue weighted by Gasteiger charge is -2.22. The van der Waals surface area contributed by atoms with Gasteiger partial charge in [0.1, 0.15) is 0 Å². The first-order valence-electron chi connectivity index (χ1n) is 35.1. The van der Waals surface area contributed by atoms with E-state index in [2.05, 4.69) is 43.5 Å². The summed E-state index contributed by atoms with van der Waals surface area (Å²) in [6.45, 7) is 4.96. The number of hydrogen-bond acceptors (Lipinski definition) is 5. The number of hydrogen-bond donors (Lipinski definition) is 3. The SMILES string of the molecule is CCCCC/C=C\CCCCCCCC(=O)OCCCCCCCCCCCCCC/C=C\CCCCCCCCCCCCC(=O)NC(CO)C(O)CCCCCCCCCCCCCCCCCCCCCCCC. The number of carbonyl (C=O) groups is 2. The van der Waals surface area contributed by atoms with E-state index in [1.54, 1.807) is 0 Å². The van der Waals surface area contributed by atoms with Crippen LogP contribution in [0, 0.1) is 0 Å². The number of ether oxygens (including phenoxy) is 1. The van der Waals surface area contributed by atoms with Crippen LogP contribution in [0.3, 0.4) is 0 Å². The Morgan fingerprint density at radius 1 is 0.351 bits per heavy atom. The van der Waals surface area contributed by atoms with Crippen LogP contribution in [0.25, 0.3) is 0 Å². The van der Waals surface area contributed by atoms with Crippen LogP contribution in [0.2, 0.25) is 0 Å². The Bertz CT molecular complexity index is 1200. The molecule has 456 valence electrons. The fraction of sp³-hybridized carbons (Fsp3) is 0.915. The van der Waals surface area contributed by atoms with Crippen LogP contribution >= 0.6 is 0 Å². The number of carbonyl (C=O) groups excluding carboxylic acids is 2. The summed E-state index contributed by atoms with van der Waals surface area (Å²) in [4.78, 5) is 24.6. The van der Waals surface area contributed by atoms with Gasteiger partial charge in [0.25, 0.3) is 0 Å². The molecule has 2 unspecified atom stereocenters. The van der Waals surface area contributed by atoms with Gasteiger partial charge in [-0.3, -0.25) is 9.59 Å². The van der Waals surface area contributed by atoms with Gasteiger partial charge >= 0.3 is 5.97 Å². The van der Waals surface area contributed by atoms with Crippen molar-refractivity contribution in [2.45, 2.75) is 405 Å². The van der Waals surface area contributed by atoms with Crippen molar-refractivity contribution < 1.29 is 24.5 Å². The van der Waals surface area contributed by atoms with Crippen LogP contribution in [-0.2, 0) is 14.3 Å². The lowest BCUT2D eigenvalue weighted by Crippen LogP contribution is -2.45. The van der Waals surface area contributed by atoms with Gasteiger partial charge in [-0.2, -0.15) is 0 Å². The molecule has 0 fully saturated rings. The summed E-state index contributed by atoms with van der Waals surface area (Å²) in [6.07, 6.45) is 83.6. The third-order valence-electron chi connectivity index (χ3n) is 16.5. The molecule has 0 heterocycles. The summed E-state index contributed by atoms with van der Waals surface area (Å²) in [7, 11) is 0. The molecule has 0 aliphatic rings. The number of amides is 1. The lowest BCUT2D eigenvalue weighted by atomic mass is 10.0. The zero-order valence-electron chi connectivity index (χ0n) is 52.2. The van der Waals surface area contributed by atoms with Gasteiger partial charge in [-0.15, -0.1) is 0 Å². The number of unbranched alkanes of at least 4 members (excludes halogenated alkanes) is 51. The second-order valence-electron chi connectivity index (χ2n) is 24.2. The molecular formula is C71H137NO5. The standard InChI is InChI=1S/C71H137NO5/c1-3-5-7-9-11-13-15-17-18-19-20-21-28-31-34-37-40-43-47-51-55-59-63-69(74)68(67-73)72-70(75)64-60-56-52-48-44-41-38-35-32-29-26-24-22-23-25-27-30-33-36-39-42-46-50-54-58-62-66-77-71(76)65-61-57-53-49-45-16-14-12-10-8-6-4-2/h12,14,22,24,68-69,73-74H,3-11,13,15-21,23,25-67H2,1-2H3,(H,72,75)/b14-12-,24-22-. The van der Waals surface area contributed by atoms with Crippen molar-refractivity contribution in [2.75, 3.05) is 13.2 Å². The first kappa shape index (κ1) is 75.3. The van der Waals surface area contributed by atoms with Gasteiger partial charge in [0.05, 0.1) is 25.4 Å². The molecular weight excluding hydrogens is 947 g/mol. The normalized spacial score (nSPS) is 12.6. The Morgan fingerprint density at radius 2 is 0.610 bits per heavy atom. The third-order valence-corrected chi connectivity index (χ3v) is 16.5. The van der Waals surface area contributed by atoms with E-state index in [0.717, 1.165) is 44.9 Å². The van der Waals surface area contributed by atoms with E-state index in [1.807, 2.05) is 0 Å². The fourth-order valence-electron chi connectivity index (χ4n) is 11.1. The van der Waals surface area contributed by atoms with E-state index in [4.69, 9.17) is 4.74 Å². The molecule has 0 aromatic carbocycles. The second-order valence-corrected chi connectivity index (χ2v) is 24.2.